The summed E-state index contributed by atoms with van der Waals surface area (Å²) in [5, 5.41) is 3.51. The summed E-state index contributed by atoms with van der Waals surface area (Å²) in [6.07, 6.45) is 8.17. The van der Waals surface area contributed by atoms with E-state index in [2.05, 4.69) is 23.3 Å². The molecule has 3 nitrogen and oxygen atoms in total. The molecule has 1 N–H and O–H groups in total. The van der Waals surface area contributed by atoms with Crippen molar-refractivity contribution in [2.45, 2.75) is 58.5 Å². The molecule has 18 heavy (non-hydrogen) atoms. The number of aryl methyl sites for hydroxylation is 1. The van der Waals surface area contributed by atoms with Crippen molar-refractivity contribution in [1.82, 2.24) is 10.3 Å². The van der Waals surface area contributed by atoms with Gasteiger partial charge in [-0.25, -0.2) is 0 Å². The Morgan fingerprint density at radius 3 is 2.94 bits per heavy atom. The number of nitrogens with one attached hydrogen (secondary N) is 1. The van der Waals surface area contributed by atoms with Crippen LogP contribution in [0.3, 0.4) is 0 Å². The quantitative estimate of drug-likeness (QED) is 0.717. The van der Waals surface area contributed by atoms with E-state index in [1.165, 1.54) is 31.2 Å². The largest absolute Gasteiger partial charge is 0.493 e. The van der Waals surface area contributed by atoms with Gasteiger partial charge >= 0.3 is 0 Å². The number of ether oxygens (including phenoxy) is 1. The normalized spacial score (nSPS) is 14.8. The fourth-order valence-electron chi connectivity index (χ4n) is 1.91. The average molecular weight is 248 g/mol. The summed E-state index contributed by atoms with van der Waals surface area (Å²) >= 11 is 0. The molecular weight excluding hydrogens is 224 g/mol. The van der Waals surface area contributed by atoms with Gasteiger partial charge in [0.15, 0.2) is 0 Å². The smallest absolute Gasteiger partial charge is 0.127 e. The minimum Gasteiger partial charge on any atom is -0.493 e. The topological polar surface area (TPSA) is 34.1 Å². The van der Waals surface area contributed by atoms with E-state index in [4.69, 9.17) is 4.74 Å². The van der Waals surface area contributed by atoms with Crippen LogP contribution in [0.5, 0.6) is 5.75 Å². The summed E-state index contributed by atoms with van der Waals surface area (Å²) in [6, 6.07) is 2.77. The van der Waals surface area contributed by atoms with E-state index in [1.807, 2.05) is 13.1 Å². The highest BCUT2D eigenvalue weighted by Gasteiger charge is 2.20. The molecular formula is C15H24N2O. The lowest BCUT2D eigenvalue weighted by atomic mass is 10.2. The van der Waals surface area contributed by atoms with E-state index in [9.17, 15) is 0 Å². The molecule has 1 heterocycles. The van der Waals surface area contributed by atoms with Crippen LogP contribution in [0, 0.1) is 6.92 Å². The molecule has 0 saturated heterocycles. The van der Waals surface area contributed by atoms with Crippen molar-refractivity contribution in [2.24, 2.45) is 0 Å². The Kier molecular flexibility index (Phi) is 5.00. The highest BCUT2D eigenvalue weighted by atomic mass is 16.5. The first-order valence-electron chi connectivity index (χ1n) is 7.11. The molecule has 0 unspecified atom stereocenters. The van der Waals surface area contributed by atoms with Gasteiger partial charge in [-0.1, -0.05) is 19.8 Å². The second-order valence-electron chi connectivity index (χ2n) is 5.14. The molecule has 0 atom stereocenters. The fraction of sp³-hybridized carbons (Fsp3) is 0.667. The van der Waals surface area contributed by atoms with E-state index in [-0.39, 0.29) is 0 Å². The van der Waals surface area contributed by atoms with Crippen LogP contribution >= 0.6 is 0 Å². The molecule has 1 aromatic heterocycles. The van der Waals surface area contributed by atoms with Gasteiger partial charge in [-0.3, -0.25) is 4.98 Å². The van der Waals surface area contributed by atoms with Crippen LogP contribution in [0.25, 0.3) is 0 Å². The van der Waals surface area contributed by atoms with E-state index >= 15 is 0 Å². The van der Waals surface area contributed by atoms with Crippen molar-refractivity contribution < 1.29 is 4.74 Å². The fourth-order valence-corrected chi connectivity index (χ4v) is 1.91. The molecule has 1 saturated carbocycles. The van der Waals surface area contributed by atoms with Crippen LogP contribution in [-0.2, 0) is 6.54 Å². The molecule has 0 spiro atoms. The molecule has 0 aromatic carbocycles. The summed E-state index contributed by atoms with van der Waals surface area (Å²) in [6.45, 7) is 5.91. The Morgan fingerprint density at radius 1 is 1.39 bits per heavy atom. The van der Waals surface area contributed by atoms with Crippen molar-refractivity contribution in [3.05, 3.63) is 23.5 Å². The number of nitrogens with zero attached hydrogens (tertiary/aromatic N) is 1. The van der Waals surface area contributed by atoms with Crippen LogP contribution in [0.4, 0.5) is 0 Å². The van der Waals surface area contributed by atoms with Gasteiger partial charge < -0.3 is 10.1 Å². The van der Waals surface area contributed by atoms with Crippen LogP contribution in [-0.4, -0.2) is 17.6 Å². The monoisotopic (exact) mass is 248 g/mol. The van der Waals surface area contributed by atoms with Gasteiger partial charge in [-0.2, -0.15) is 0 Å². The first-order valence-corrected chi connectivity index (χ1v) is 7.11. The van der Waals surface area contributed by atoms with Crippen molar-refractivity contribution in [1.29, 1.82) is 0 Å². The lowest BCUT2D eigenvalue weighted by Crippen LogP contribution is -2.16. The van der Waals surface area contributed by atoms with E-state index in [0.717, 1.165) is 37.1 Å². The summed E-state index contributed by atoms with van der Waals surface area (Å²) < 4.78 is 5.89. The van der Waals surface area contributed by atoms with Crippen LogP contribution in [0.1, 0.15) is 50.3 Å². The molecule has 1 fully saturated rings. The number of unbranched alkanes of at least 4 members (excludes halogenated alkanes) is 2. The molecule has 3 heteroatoms. The molecule has 1 aromatic rings. The Labute approximate surface area is 110 Å². The molecule has 0 amide bonds. The molecule has 0 radical (unpaired) electrons. The number of hydrogen-bond acceptors (Lipinski definition) is 3. The first-order chi connectivity index (χ1) is 8.79. The van der Waals surface area contributed by atoms with Crippen molar-refractivity contribution in [3.8, 4) is 5.75 Å². The molecule has 0 bridgehead atoms. The first kappa shape index (κ1) is 13.3. The van der Waals surface area contributed by atoms with Gasteiger partial charge in [0.25, 0.3) is 0 Å². The highest BCUT2D eigenvalue weighted by molar-refractivity contribution is 5.32. The molecule has 100 valence electrons. The third-order valence-electron chi connectivity index (χ3n) is 3.24. The number of pyridine rings is 1. The van der Waals surface area contributed by atoms with E-state index in [0.29, 0.717) is 0 Å². The number of hydrogen-bond donors (Lipinski definition) is 1. The third kappa shape index (κ3) is 4.30. The Balaban J connectivity index is 1.89. The van der Waals surface area contributed by atoms with Gasteiger partial charge in [0, 0.05) is 36.1 Å². The van der Waals surface area contributed by atoms with Gasteiger partial charge in [0.05, 0.1) is 6.61 Å². The molecule has 1 aliphatic rings. The summed E-state index contributed by atoms with van der Waals surface area (Å²) in [5.74, 6) is 1.01. The minimum absolute atomic E-state index is 0.722. The van der Waals surface area contributed by atoms with E-state index < -0.39 is 0 Å². The maximum absolute atomic E-state index is 5.89. The Hall–Kier alpha value is -1.09. The number of aromatic nitrogens is 1. The van der Waals surface area contributed by atoms with Gasteiger partial charge in [0.1, 0.15) is 5.75 Å². The highest BCUT2D eigenvalue weighted by Crippen LogP contribution is 2.23. The lowest BCUT2D eigenvalue weighted by Gasteiger charge is -2.12. The van der Waals surface area contributed by atoms with Gasteiger partial charge in [0.2, 0.25) is 0 Å². The van der Waals surface area contributed by atoms with Crippen molar-refractivity contribution in [2.75, 3.05) is 6.61 Å². The summed E-state index contributed by atoms with van der Waals surface area (Å²) in [7, 11) is 0. The summed E-state index contributed by atoms with van der Waals surface area (Å²) in [4.78, 5) is 4.36. The average Bonchev–Trinajstić information content (AvgIpc) is 3.17. The predicted octanol–water partition coefficient (Wildman–Crippen LogP) is 3.21. The Morgan fingerprint density at radius 2 is 2.22 bits per heavy atom. The second kappa shape index (κ2) is 6.74. The predicted molar refractivity (Wildman–Crippen MR) is 73.9 cm³/mol. The van der Waals surface area contributed by atoms with Crippen molar-refractivity contribution >= 4 is 0 Å². The molecule has 2 rings (SSSR count). The maximum atomic E-state index is 5.89. The van der Waals surface area contributed by atoms with Gasteiger partial charge in [-0.15, -0.1) is 0 Å². The van der Waals surface area contributed by atoms with Crippen LogP contribution < -0.4 is 10.1 Å². The zero-order chi connectivity index (χ0) is 12.8. The van der Waals surface area contributed by atoms with Crippen LogP contribution in [0.2, 0.25) is 0 Å². The maximum Gasteiger partial charge on any atom is 0.127 e. The zero-order valence-electron chi connectivity index (χ0n) is 11.5. The lowest BCUT2D eigenvalue weighted by molar-refractivity contribution is 0.302. The van der Waals surface area contributed by atoms with E-state index in [1.54, 1.807) is 0 Å². The zero-order valence-corrected chi connectivity index (χ0v) is 11.5. The third-order valence-corrected chi connectivity index (χ3v) is 3.24. The SMILES string of the molecule is CCCCCOc1cc(C)ncc1CNC1CC1. The minimum atomic E-state index is 0.722. The second-order valence-corrected chi connectivity index (χ2v) is 5.14. The van der Waals surface area contributed by atoms with Crippen molar-refractivity contribution in [3.63, 3.8) is 0 Å². The molecule has 1 aliphatic carbocycles. The van der Waals surface area contributed by atoms with Crippen LogP contribution in [0.15, 0.2) is 12.3 Å². The summed E-state index contributed by atoms with van der Waals surface area (Å²) in [5.41, 5.74) is 2.21. The molecule has 0 aliphatic heterocycles. The standard InChI is InChI=1S/C15H24N2O/c1-3-4-5-8-18-15-9-12(2)16-10-13(15)11-17-14-6-7-14/h9-10,14,17H,3-8,11H2,1-2H3. The van der Waals surface area contributed by atoms with Gasteiger partial charge in [-0.05, 0) is 26.2 Å². The Bertz CT molecular complexity index is 375. The number of rotatable bonds is 8.